The summed E-state index contributed by atoms with van der Waals surface area (Å²) in [7, 11) is -0.309. The van der Waals surface area contributed by atoms with E-state index >= 15 is 0 Å². The molecule has 22 heavy (non-hydrogen) atoms. The average molecular weight is 340 g/mol. The molecule has 0 bridgehead atoms. The molecule has 0 aliphatic carbocycles. The van der Waals surface area contributed by atoms with E-state index in [1.54, 1.807) is 18.6 Å². The van der Waals surface area contributed by atoms with Crippen LogP contribution in [0.4, 0.5) is 5.13 Å². The van der Waals surface area contributed by atoms with Crippen LogP contribution in [0.15, 0.2) is 40.7 Å². The van der Waals surface area contributed by atoms with Crippen LogP contribution in [0.5, 0.6) is 0 Å². The second kappa shape index (κ2) is 6.99. The minimum Gasteiger partial charge on any atom is -0.384 e. The van der Waals surface area contributed by atoms with Crippen LogP contribution in [0.1, 0.15) is 10.4 Å². The van der Waals surface area contributed by atoms with Crippen molar-refractivity contribution in [3.8, 4) is 0 Å². The Bertz CT molecular complexity index is 725. The molecule has 8 heteroatoms. The van der Waals surface area contributed by atoms with Gasteiger partial charge >= 0.3 is 0 Å². The summed E-state index contributed by atoms with van der Waals surface area (Å²) in [5.74, 6) is -0.327. The third kappa shape index (κ3) is 3.70. The van der Waals surface area contributed by atoms with Crippen LogP contribution in [0.2, 0.25) is 0 Å². The van der Waals surface area contributed by atoms with Crippen LogP contribution in [-0.2, 0) is 14.6 Å². The summed E-state index contributed by atoms with van der Waals surface area (Å²) >= 11 is 1.35. The van der Waals surface area contributed by atoms with Gasteiger partial charge in [0.2, 0.25) is 0 Å². The number of hydrogen-bond acceptors (Lipinski definition) is 6. The van der Waals surface area contributed by atoms with Gasteiger partial charge in [-0.05, 0) is 24.3 Å². The minimum atomic E-state index is -3.39. The first-order valence-electron chi connectivity index (χ1n) is 6.45. The molecule has 1 aromatic heterocycles. The fraction of sp³-hybridized carbons (Fsp3) is 0.286. The summed E-state index contributed by atoms with van der Waals surface area (Å²) in [6.45, 7) is 0.135. The van der Waals surface area contributed by atoms with E-state index in [2.05, 4.69) is 4.98 Å². The van der Waals surface area contributed by atoms with E-state index < -0.39 is 9.84 Å². The molecule has 0 aliphatic heterocycles. The zero-order valence-electron chi connectivity index (χ0n) is 12.2. The second-order valence-corrected chi connectivity index (χ2v) is 7.50. The lowest BCUT2D eigenvalue weighted by atomic mass is 10.2. The Morgan fingerprint density at radius 2 is 2.00 bits per heavy atom. The second-order valence-electron chi connectivity index (χ2n) is 4.51. The Kier molecular flexibility index (Phi) is 5.28. The highest BCUT2D eigenvalue weighted by Crippen LogP contribution is 2.19. The van der Waals surface area contributed by atoms with Crippen molar-refractivity contribution in [3.05, 3.63) is 41.4 Å². The highest BCUT2D eigenvalue weighted by molar-refractivity contribution is 7.91. The molecule has 6 nitrogen and oxygen atoms in total. The van der Waals surface area contributed by atoms with Crippen molar-refractivity contribution in [2.24, 2.45) is 0 Å². The Hall–Kier alpha value is -1.77. The fourth-order valence-electron chi connectivity index (χ4n) is 1.78. The maximum atomic E-state index is 12.3. The first-order valence-corrected chi connectivity index (χ1v) is 8.98. The molecule has 0 fully saturated rings. The van der Waals surface area contributed by atoms with Crippen molar-refractivity contribution >= 4 is 32.2 Å². The molecule has 0 radical (unpaired) electrons. The number of aromatic nitrogens is 1. The van der Waals surface area contributed by atoms with Gasteiger partial charge in [-0.15, -0.1) is 11.3 Å². The van der Waals surface area contributed by atoms with Gasteiger partial charge in [-0.2, -0.15) is 0 Å². The average Bonchev–Trinajstić information content (AvgIpc) is 3.06. The van der Waals surface area contributed by atoms with Gasteiger partial charge in [-0.25, -0.2) is 13.4 Å². The molecule has 1 heterocycles. The first kappa shape index (κ1) is 16.6. The van der Waals surface area contributed by atoms with Gasteiger partial charge in [0.05, 0.1) is 17.3 Å². The summed E-state index contributed by atoms with van der Waals surface area (Å²) in [6.07, 6.45) is 1.62. The lowest BCUT2D eigenvalue weighted by Gasteiger charge is -2.14. The first-order chi connectivity index (χ1) is 10.5. The number of rotatable bonds is 6. The lowest BCUT2D eigenvalue weighted by molar-refractivity contribution is 0.0993. The Morgan fingerprint density at radius 1 is 1.32 bits per heavy atom. The normalized spacial score (nSPS) is 11.4. The molecular weight excluding hydrogens is 324 g/mol. The summed E-state index contributed by atoms with van der Waals surface area (Å²) in [6, 6.07) is 5.89. The number of methoxy groups -OCH3 is 1. The number of amides is 1. The van der Waals surface area contributed by atoms with E-state index in [0.717, 1.165) is 0 Å². The van der Waals surface area contributed by atoms with Crippen molar-refractivity contribution in [2.45, 2.75) is 4.90 Å². The van der Waals surface area contributed by atoms with Crippen LogP contribution < -0.4 is 4.90 Å². The number of anilines is 1. The lowest BCUT2D eigenvalue weighted by Crippen LogP contribution is -2.26. The molecule has 0 saturated heterocycles. The van der Waals surface area contributed by atoms with Gasteiger partial charge < -0.3 is 4.74 Å². The number of hydrogen-bond donors (Lipinski definition) is 0. The molecule has 0 unspecified atom stereocenters. The van der Waals surface area contributed by atoms with E-state index in [9.17, 15) is 13.2 Å². The maximum Gasteiger partial charge on any atom is 0.259 e. The molecule has 0 saturated carbocycles. The quantitative estimate of drug-likeness (QED) is 0.802. The van der Waals surface area contributed by atoms with E-state index in [0.29, 0.717) is 10.7 Å². The van der Waals surface area contributed by atoms with E-state index in [4.69, 9.17) is 4.74 Å². The van der Waals surface area contributed by atoms with E-state index in [-0.39, 0.29) is 23.2 Å². The van der Waals surface area contributed by atoms with Gasteiger partial charge in [-0.1, -0.05) is 0 Å². The third-order valence-electron chi connectivity index (χ3n) is 3.03. The van der Waals surface area contributed by atoms with Gasteiger partial charge in [0, 0.05) is 31.3 Å². The zero-order valence-corrected chi connectivity index (χ0v) is 13.9. The zero-order chi connectivity index (χ0) is 16.2. The van der Waals surface area contributed by atoms with Crippen molar-refractivity contribution in [2.75, 3.05) is 31.4 Å². The van der Waals surface area contributed by atoms with E-state index in [1.807, 2.05) is 0 Å². The Balaban J connectivity index is 2.17. The van der Waals surface area contributed by atoms with Crippen molar-refractivity contribution in [1.82, 2.24) is 4.98 Å². The summed E-state index contributed by atoms with van der Waals surface area (Å²) in [5.41, 5.74) is 0.406. The van der Waals surface area contributed by atoms with Crippen LogP contribution in [0.25, 0.3) is 0 Å². The number of carbonyl (C=O) groups is 1. The summed E-state index contributed by atoms with van der Waals surface area (Å²) < 4.78 is 28.8. The smallest absolute Gasteiger partial charge is 0.259 e. The molecule has 0 N–H and O–H groups in total. The number of carbonyl (C=O) groups excluding carboxylic acids is 1. The van der Waals surface area contributed by atoms with Crippen molar-refractivity contribution in [1.29, 1.82) is 0 Å². The van der Waals surface area contributed by atoms with Gasteiger partial charge in [0.25, 0.3) is 5.91 Å². The van der Waals surface area contributed by atoms with Crippen molar-refractivity contribution < 1.29 is 17.9 Å². The Morgan fingerprint density at radius 3 is 2.55 bits per heavy atom. The number of nitrogens with zero attached hydrogens (tertiary/aromatic N) is 2. The molecule has 2 aromatic rings. The minimum absolute atomic E-state index is 0.0875. The maximum absolute atomic E-state index is 12.3. The molecule has 2 rings (SSSR count). The molecule has 0 aliphatic rings. The highest BCUT2D eigenvalue weighted by atomic mass is 32.2. The van der Waals surface area contributed by atoms with Crippen LogP contribution in [0, 0.1) is 0 Å². The number of sulfone groups is 1. The molecule has 0 spiro atoms. The Labute approximate surface area is 133 Å². The predicted molar refractivity (Wildman–Crippen MR) is 85.2 cm³/mol. The van der Waals surface area contributed by atoms with Crippen molar-refractivity contribution in [3.63, 3.8) is 0 Å². The van der Waals surface area contributed by atoms with Crippen LogP contribution >= 0.6 is 11.3 Å². The van der Waals surface area contributed by atoms with Gasteiger partial charge in [0.15, 0.2) is 15.0 Å². The van der Waals surface area contributed by atoms with Crippen LogP contribution in [0.3, 0.4) is 0 Å². The van der Waals surface area contributed by atoms with E-state index in [1.165, 1.54) is 47.6 Å². The SMILES string of the molecule is COCCS(=O)(=O)c1ccc(C(=O)N(C)c2nccs2)cc1. The fourth-order valence-corrected chi connectivity index (χ4v) is 3.56. The molecular formula is C14H16N2O4S2. The topological polar surface area (TPSA) is 76.6 Å². The molecule has 1 aromatic carbocycles. The van der Waals surface area contributed by atoms with Gasteiger partial charge in [-0.3, -0.25) is 9.69 Å². The monoisotopic (exact) mass is 340 g/mol. The largest absolute Gasteiger partial charge is 0.384 e. The molecule has 1 amide bonds. The summed E-state index contributed by atoms with van der Waals surface area (Å²) in [5, 5.41) is 2.37. The predicted octanol–water partition coefficient (Wildman–Crippen LogP) is 1.84. The number of benzene rings is 1. The van der Waals surface area contributed by atoms with Crippen LogP contribution in [-0.4, -0.2) is 45.8 Å². The molecule has 118 valence electrons. The number of thiazole rings is 1. The third-order valence-corrected chi connectivity index (χ3v) is 5.57. The van der Waals surface area contributed by atoms with Gasteiger partial charge in [0.1, 0.15) is 0 Å². The highest BCUT2D eigenvalue weighted by Gasteiger charge is 2.18. The summed E-state index contributed by atoms with van der Waals surface area (Å²) in [4.78, 5) is 18.0. The molecule has 0 atom stereocenters. The standard InChI is InChI=1S/C14H16N2O4S2/c1-16(14-15-7-9-21-14)13(17)11-3-5-12(6-4-11)22(18,19)10-8-20-2/h3-7,9H,8,10H2,1-2H3. The number of ether oxygens (including phenoxy) is 1.